The predicted molar refractivity (Wildman–Crippen MR) is 65.2 cm³/mol. The molecule has 0 N–H and O–H groups in total. The van der Waals surface area contributed by atoms with Crippen LogP contribution in [0, 0.1) is 13.8 Å². The van der Waals surface area contributed by atoms with Gasteiger partial charge in [0.15, 0.2) is 5.82 Å². The fraction of sp³-hybridized carbons (Fsp3) is 0.333. The Morgan fingerprint density at radius 3 is 2.69 bits per heavy atom. The molecule has 0 bridgehead atoms. The molecule has 0 aromatic carbocycles. The Bertz CT molecular complexity index is 517. The van der Waals surface area contributed by atoms with Crippen molar-refractivity contribution >= 4 is 11.6 Å². The van der Waals surface area contributed by atoms with Crippen LogP contribution in [-0.2, 0) is 6.42 Å². The molecule has 0 radical (unpaired) electrons. The van der Waals surface area contributed by atoms with Gasteiger partial charge >= 0.3 is 0 Å². The highest BCUT2D eigenvalue weighted by Crippen LogP contribution is 2.23. The molecule has 0 saturated carbocycles. The first kappa shape index (κ1) is 11.1. The molecule has 2 aromatic rings. The van der Waals surface area contributed by atoms with Crippen molar-refractivity contribution in [2.75, 3.05) is 0 Å². The van der Waals surface area contributed by atoms with Crippen molar-refractivity contribution in [1.82, 2.24) is 14.8 Å². The second-order valence-electron chi connectivity index (χ2n) is 3.81. The molecule has 84 valence electrons. The Labute approximate surface area is 100 Å². The third kappa shape index (κ3) is 1.83. The van der Waals surface area contributed by atoms with Gasteiger partial charge in [-0.3, -0.25) is 0 Å². The smallest absolute Gasteiger partial charge is 0.155 e. The maximum absolute atomic E-state index is 6.28. The maximum atomic E-state index is 6.28. The van der Waals surface area contributed by atoms with Crippen LogP contribution in [0.2, 0.25) is 5.15 Å². The molecule has 0 atom stereocenters. The molecule has 0 amide bonds. The van der Waals surface area contributed by atoms with Gasteiger partial charge in [-0.2, -0.15) is 5.10 Å². The fourth-order valence-electron chi connectivity index (χ4n) is 1.72. The average molecular weight is 236 g/mol. The van der Waals surface area contributed by atoms with E-state index >= 15 is 0 Å². The number of aryl methyl sites for hydroxylation is 2. The molecule has 0 unspecified atom stereocenters. The van der Waals surface area contributed by atoms with Crippen LogP contribution in [0.4, 0.5) is 0 Å². The molecule has 2 rings (SSSR count). The van der Waals surface area contributed by atoms with E-state index in [1.54, 1.807) is 10.9 Å². The van der Waals surface area contributed by atoms with Crippen LogP contribution in [0.15, 0.2) is 18.3 Å². The highest BCUT2D eigenvalue weighted by Gasteiger charge is 2.13. The molecular formula is C12H14ClN3. The highest BCUT2D eigenvalue weighted by atomic mass is 35.5. The first-order chi connectivity index (χ1) is 7.63. The van der Waals surface area contributed by atoms with Gasteiger partial charge in [-0.15, -0.1) is 0 Å². The zero-order valence-electron chi connectivity index (χ0n) is 9.66. The Hall–Kier alpha value is -1.35. The number of hydrogen-bond donors (Lipinski definition) is 0. The molecule has 3 nitrogen and oxygen atoms in total. The van der Waals surface area contributed by atoms with Crippen LogP contribution in [0.1, 0.15) is 23.7 Å². The van der Waals surface area contributed by atoms with Gasteiger partial charge in [0.1, 0.15) is 5.15 Å². The first-order valence-corrected chi connectivity index (χ1v) is 5.68. The van der Waals surface area contributed by atoms with Crippen molar-refractivity contribution in [2.45, 2.75) is 27.2 Å². The van der Waals surface area contributed by atoms with Crippen LogP contribution in [-0.4, -0.2) is 14.8 Å². The van der Waals surface area contributed by atoms with E-state index in [1.165, 1.54) is 0 Å². The normalized spacial score (nSPS) is 10.8. The van der Waals surface area contributed by atoms with Gasteiger partial charge in [0.25, 0.3) is 0 Å². The molecule has 2 aromatic heterocycles. The van der Waals surface area contributed by atoms with Crippen molar-refractivity contribution in [3.63, 3.8) is 0 Å². The Morgan fingerprint density at radius 1 is 1.38 bits per heavy atom. The highest BCUT2D eigenvalue weighted by molar-refractivity contribution is 6.30. The number of pyridine rings is 1. The van der Waals surface area contributed by atoms with E-state index < -0.39 is 0 Å². The number of nitrogens with zero attached hydrogens (tertiary/aromatic N) is 3. The molecular weight excluding hydrogens is 222 g/mol. The summed E-state index contributed by atoms with van der Waals surface area (Å²) in [5.74, 6) is 0.771. The van der Waals surface area contributed by atoms with Gasteiger partial charge in [-0.1, -0.05) is 18.5 Å². The molecule has 2 heterocycles. The summed E-state index contributed by atoms with van der Waals surface area (Å²) in [5.41, 5.74) is 3.20. The summed E-state index contributed by atoms with van der Waals surface area (Å²) in [6.07, 6.45) is 2.65. The van der Waals surface area contributed by atoms with Gasteiger partial charge in [-0.25, -0.2) is 9.67 Å². The van der Waals surface area contributed by atoms with Crippen molar-refractivity contribution in [2.24, 2.45) is 0 Å². The van der Waals surface area contributed by atoms with Crippen LogP contribution in [0.5, 0.6) is 0 Å². The monoisotopic (exact) mass is 235 g/mol. The maximum Gasteiger partial charge on any atom is 0.155 e. The average Bonchev–Trinajstić information content (AvgIpc) is 2.54. The van der Waals surface area contributed by atoms with Gasteiger partial charge in [0.05, 0.1) is 5.69 Å². The third-order valence-electron chi connectivity index (χ3n) is 2.59. The summed E-state index contributed by atoms with van der Waals surface area (Å²) in [5, 5.41) is 5.08. The van der Waals surface area contributed by atoms with Gasteiger partial charge in [0.2, 0.25) is 0 Å². The third-order valence-corrected chi connectivity index (χ3v) is 2.98. The lowest BCUT2D eigenvalue weighted by Crippen LogP contribution is -2.00. The number of hydrogen-bond acceptors (Lipinski definition) is 2. The molecule has 0 aliphatic heterocycles. The Kier molecular flexibility index (Phi) is 2.97. The van der Waals surface area contributed by atoms with Gasteiger partial charge in [-0.05, 0) is 38.0 Å². The lowest BCUT2D eigenvalue weighted by Gasteiger charge is -2.02. The molecule has 4 heteroatoms. The molecule has 16 heavy (non-hydrogen) atoms. The fourth-order valence-corrected chi connectivity index (χ4v) is 2.12. The number of aromatic nitrogens is 3. The topological polar surface area (TPSA) is 30.7 Å². The van der Waals surface area contributed by atoms with E-state index in [2.05, 4.69) is 17.0 Å². The lowest BCUT2D eigenvalue weighted by atomic mass is 10.2. The number of rotatable bonds is 2. The van der Waals surface area contributed by atoms with E-state index in [0.29, 0.717) is 5.15 Å². The summed E-state index contributed by atoms with van der Waals surface area (Å²) in [7, 11) is 0. The van der Waals surface area contributed by atoms with Crippen molar-refractivity contribution in [3.8, 4) is 5.82 Å². The van der Waals surface area contributed by atoms with Crippen LogP contribution in [0.25, 0.3) is 5.82 Å². The molecule has 0 spiro atoms. The summed E-state index contributed by atoms with van der Waals surface area (Å²) < 4.78 is 1.70. The van der Waals surface area contributed by atoms with E-state index in [9.17, 15) is 0 Å². The minimum Gasteiger partial charge on any atom is -0.237 e. The van der Waals surface area contributed by atoms with E-state index in [1.807, 2.05) is 26.0 Å². The van der Waals surface area contributed by atoms with Crippen molar-refractivity contribution in [3.05, 3.63) is 40.3 Å². The standard InChI is InChI=1S/C12H14ClN3/c1-4-10-9(3)15-16(12(10)13)11-7-8(2)5-6-14-11/h5-7H,4H2,1-3H3. The van der Waals surface area contributed by atoms with Crippen molar-refractivity contribution in [1.29, 1.82) is 0 Å². The SMILES string of the molecule is CCc1c(C)nn(-c2cc(C)ccn2)c1Cl. The molecule has 0 fully saturated rings. The largest absolute Gasteiger partial charge is 0.237 e. The lowest BCUT2D eigenvalue weighted by molar-refractivity contribution is 0.831. The first-order valence-electron chi connectivity index (χ1n) is 5.30. The van der Waals surface area contributed by atoms with E-state index in [4.69, 9.17) is 11.6 Å². The zero-order valence-corrected chi connectivity index (χ0v) is 10.4. The molecule has 0 aliphatic rings. The minimum absolute atomic E-state index is 0.665. The van der Waals surface area contributed by atoms with Crippen LogP contribution < -0.4 is 0 Å². The molecule has 0 saturated heterocycles. The van der Waals surface area contributed by atoms with E-state index in [0.717, 1.165) is 29.1 Å². The quantitative estimate of drug-likeness (QED) is 0.801. The second kappa shape index (κ2) is 4.26. The summed E-state index contributed by atoms with van der Waals surface area (Å²) in [6, 6.07) is 3.92. The Morgan fingerprint density at radius 2 is 2.12 bits per heavy atom. The van der Waals surface area contributed by atoms with Gasteiger partial charge in [0, 0.05) is 11.8 Å². The Balaban J connectivity index is 2.56. The van der Waals surface area contributed by atoms with Crippen molar-refractivity contribution < 1.29 is 0 Å². The molecule has 0 aliphatic carbocycles. The summed E-state index contributed by atoms with van der Waals surface area (Å²) in [4.78, 5) is 4.28. The number of halogens is 1. The van der Waals surface area contributed by atoms with Crippen LogP contribution >= 0.6 is 11.6 Å². The van der Waals surface area contributed by atoms with Gasteiger partial charge < -0.3 is 0 Å². The zero-order chi connectivity index (χ0) is 11.7. The summed E-state index contributed by atoms with van der Waals surface area (Å²) in [6.45, 7) is 6.07. The summed E-state index contributed by atoms with van der Waals surface area (Å²) >= 11 is 6.28. The van der Waals surface area contributed by atoms with Crippen LogP contribution in [0.3, 0.4) is 0 Å². The second-order valence-corrected chi connectivity index (χ2v) is 4.17. The minimum atomic E-state index is 0.665. The van der Waals surface area contributed by atoms with E-state index in [-0.39, 0.29) is 0 Å². The predicted octanol–water partition coefficient (Wildman–Crippen LogP) is 3.10.